The molecule has 1 N–H and O–H groups in total. The zero-order chi connectivity index (χ0) is 16.8. The van der Waals surface area contributed by atoms with E-state index in [2.05, 4.69) is 24.4 Å². The lowest BCUT2D eigenvalue weighted by molar-refractivity contribution is 0.0954. The average molecular weight is 309 g/mol. The van der Waals surface area contributed by atoms with Gasteiger partial charge in [-0.15, -0.1) is 0 Å². The van der Waals surface area contributed by atoms with Crippen molar-refractivity contribution in [3.8, 4) is 0 Å². The molecule has 2 aromatic rings. The molecule has 0 saturated heterocycles. The Balaban J connectivity index is 2.14. The van der Waals surface area contributed by atoms with Crippen LogP contribution in [0.15, 0.2) is 59.7 Å². The van der Waals surface area contributed by atoms with E-state index in [-0.39, 0.29) is 11.8 Å². The van der Waals surface area contributed by atoms with E-state index in [4.69, 9.17) is 0 Å². The quantitative estimate of drug-likeness (QED) is 0.678. The maximum atomic E-state index is 12.3. The summed E-state index contributed by atoms with van der Waals surface area (Å²) in [5.41, 5.74) is 6.19. The van der Waals surface area contributed by atoms with Crippen LogP contribution in [0.5, 0.6) is 0 Å². The highest BCUT2D eigenvalue weighted by Gasteiger charge is 2.10. The minimum Gasteiger partial charge on any atom is -0.378 e. The van der Waals surface area contributed by atoms with Crippen molar-refractivity contribution >= 4 is 17.3 Å². The molecule has 0 unspecified atom stereocenters. The molecule has 1 amide bonds. The Morgan fingerprint density at radius 3 is 2.09 bits per heavy atom. The van der Waals surface area contributed by atoms with Crippen molar-refractivity contribution in [1.29, 1.82) is 0 Å². The number of nitrogens with zero attached hydrogens (tertiary/aromatic N) is 2. The zero-order valence-electron chi connectivity index (χ0n) is 14.1. The van der Waals surface area contributed by atoms with Crippen LogP contribution in [0.1, 0.15) is 29.8 Å². The molecule has 23 heavy (non-hydrogen) atoms. The van der Waals surface area contributed by atoms with E-state index in [0.717, 1.165) is 17.0 Å². The molecule has 120 valence electrons. The topological polar surface area (TPSA) is 44.7 Å². The Morgan fingerprint density at radius 1 is 0.957 bits per heavy atom. The Morgan fingerprint density at radius 2 is 1.57 bits per heavy atom. The Kier molecular flexibility index (Phi) is 5.52. The lowest BCUT2D eigenvalue weighted by Gasteiger charge is -2.13. The molecule has 0 aromatic heterocycles. The number of benzene rings is 2. The number of hydrogen-bond acceptors (Lipinski definition) is 3. The molecule has 2 aromatic carbocycles. The van der Waals surface area contributed by atoms with Crippen LogP contribution in [0.4, 0.5) is 5.69 Å². The Hall–Kier alpha value is -2.62. The molecule has 4 nitrogen and oxygen atoms in total. The summed E-state index contributed by atoms with van der Waals surface area (Å²) in [6.45, 7) is 4.12. The summed E-state index contributed by atoms with van der Waals surface area (Å²) < 4.78 is 0. The van der Waals surface area contributed by atoms with E-state index < -0.39 is 0 Å². The SMILES string of the molecule is CC(C)C(=NNC(=O)c1ccc(N(C)C)cc1)c1ccccc1. The largest absolute Gasteiger partial charge is 0.378 e. The second-order valence-electron chi connectivity index (χ2n) is 5.90. The van der Waals surface area contributed by atoms with Gasteiger partial charge >= 0.3 is 0 Å². The molecule has 0 fully saturated rings. The van der Waals surface area contributed by atoms with Crippen molar-refractivity contribution in [3.05, 3.63) is 65.7 Å². The van der Waals surface area contributed by atoms with Gasteiger partial charge in [-0.05, 0) is 35.7 Å². The van der Waals surface area contributed by atoms with Gasteiger partial charge in [0.15, 0.2) is 0 Å². The highest BCUT2D eigenvalue weighted by Crippen LogP contribution is 2.13. The number of amides is 1. The van der Waals surface area contributed by atoms with E-state index in [1.165, 1.54) is 0 Å². The average Bonchev–Trinajstić information content (AvgIpc) is 2.55. The van der Waals surface area contributed by atoms with E-state index in [0.29, 0.717) is 5.56 Å². The van der Waals surface area contributed by atoms with Gasteiger partial charge in [0, 0.05) is 25.3 Å². The summed E-state index contributed by atoms with van der Waals surface area (Å²) in [5, 5.41) is 4.33. The van der Waals surface area contributed by atoms with Crippen molar-refractivity contribution in [3.63, 3.8) is 0 Å². The van der Waals surface area contributed by atoms with E-state index in [1.54, 1.807) is 12.1 Å². The van der Waals surface area contributed by atoms with E-state index in [9.17, 15) is 4.79 Å². The maximum Gasteiger partial charge on any atom is 0.271 e. The first-order chi connectivity index (χ1) is 11.0. The van der Waals surface area contributed by atoms with Gasteiger partial charge < -0.3 is 4.90 Å². The zero-order valence-corrected chi connectivity index (χ0v) is 14.1. The molecular weight excluding hydrogens is 286 g/mol. The first-order valence-electron chi connectivity index (χ1n) is 7.69. The first kappa shape index (κ1) is 16.7. The molecular formula is C19H23N3O. The van der Waals surface area contributed by atoms with Crippen LogP contribution in [0.3, 0.4) is 0 Å². The summed E-state index contributed by atoms with van der Waals surface area (Å²) in [6.07, 6.45) is 0. The molecule has 0 spiro atoms. The summed E-state index contributed by atoms with van der Waals surface area (Å²) in [7, 11) is 3.93. The van der Waals surface area contributed by atoms with Gasteiger partial charge in [-0.1, -0.05) is 44.2 Å². The van der Waals surface area contributed by atoms with Crippen molar-refractivity contribution in [2.24, 2.45) is 11.0 Å². The van der Waals surface area contributed by atoms with Gasteiger partial charge in [-0.3, -0.25) is 4.79 Å². The number of hydrazone groups is 1. The molecule has 0 radical (unpaired) electrons. The first-order valence-corrected chi connectivity index (χ1v) is 7.69. The number of anilines is 1. The minimum atomic E-state index is -0.204. The van der Waals surface area contributed by atoms with Gasteiger partial charge in [0.05, 0.1) is 5.71 Å². The predicted octanol–water partition coefficient (Wildman–Crippen LogP) is 3.54. The molecule has 0 saturated carbocycles. The molecule has 2 rings (SSSR count). The molecule has 4 heteroatoms. The highest BCUT2D eigenvalue weighted by atomic mass is 16.2. The summed E-state index contributed by atoms with van der Waals surface area (Å²) in [5.74, 6) is 0.0122. The van der Waals surface area contributed by atoms with Crippen LogP contribution in [-0.4, -0.2) is 25.7 Å². The van der Waals surface area contributed by atoms with Gasteiger partial charge in [0.2, 0.25) is 0 Å². The fourth-order valence-electron chi connectivity index (χ4n) is 2.22. The summed E-state index contributed by atoms with van der Waals surface area (Å²) in [4.78, 5) is 14.2. The van der Waals surface area contributed by atoms with Crippen LogP contribution in [0.25, 0.3) is 0 Å². The lowest BCUT2D eigenvalue weighted by atomic mass is 10.0. The molecule has 0 aliphatic carbocycles. The van der Waals surface area contributed by atoms with E-state index >= 15 is 0 Å². The second kappa shape index (κ2) is 7.58. The van der Waals surface area contributed by atoms with Crippen LogP contribution in [0, 0.1) is 5.92 Å². The van der Waals surface area contributed by atoms with Crippen molar-refractivity contribution in [1.82, 2.24) is 5.43 Å². The fraction of sp³-hybridized carbons (Fsp3) is 0.263. The highest BCUT2D eigenvalue weighted by molar-refractivity contribution is 6.03. The standard InChI is InChI=1S/C19H23N3O/c1-14(2)18(15-8-6-5-7-9-15)20-21-19(23)16-10-12-17(13-11-16)22(3)4/h5-14H,1-4H3,(H,21,23). The number of hydrogen-bond donors (Lipinski definition) is 1. The summed E-state index contributed by atoms with van der Waals surface area (Å²) >= 11 is 0. The van der Waals surface area contributed by atoms with Gasteiger partial charge in [-0.25, -0.2) is 5.43 Å². The number of rotatable bonds is 5. The third kappa shape index (κ3) is 4.42. The third-order valence-electron chi connectivity index (χ3n) is 3.54. The minimum absolute atomic E-state index is 0.204. The van der Waals surface area contributed by atoms with Crippen LogP contribution >= 0.6 is 0 Å². The lowest BCUT2D eigenvalue weighted by Crippen LogP contribution is -2.22. The third-order valence-corrected chi connectivity index (χ3v) is 3.54. The molecule has 0 heterocycles. The smallest absolute Gasteiger partial charge is 0.271 e. The van der Waals surface area contributed by atoms with Gasteiger partial charge in [0.25, 0.3) is 5.91 Å². The fourth-order valence-corrected chi connectivity index (χ4v) is 2.22. The van der Waals surface area contributed by atoms with Crippen LogP contribution in [0.2, 0.25) is 0 Å². The number of carbonyl (C=O) groups excluding carboxylic acids is 1. The second-order valence-corrected chi connectivity index (χ2v) is 5.90. The number of nitrogens with one attached hydrogen (secondary N) is 1. The van der Waals surface area contributed by atoms with Crippen LogP contribution in [-0.2, 0) is 0 Å². The molecule has 0 atom stereocenters. The summed E-state index contributed by atoms with van der Waals surface area (Å²) in [6, 6.07) is 17.3. The Bertz CT molecular complexity index is 674. The maximum absolute atomic E-state index is 12.3. The van der Waals surface area contributed by atoms with Crippen molar-refractivity contribution in [2.75, 3.05) is 19.0 Å². The van der Waals surface area contributed by atoms with Crippen molar-refractivity contribution < 1.29 is 4.79 Å². The molecule has 0 aliphatic heterocycles. The Labute approximate surface area is 137 Å². The molecule has 0 aliphatic rings. The van der Waals surface area contributed by atoms with Gasteiger partial charge in [0.1, 0.15) is 0 Å². The monoisotopic (exact) mass is 309 g/mol. The van der Waals surface area contributed by atoms with Gasteiger partial charge in [-0.2, -0.15) is 5.10 Å². The molecule has 0 bridgehead atoms. The normalized spacial score (nSPS) is 11.4. The van der Waals surface area contributed by atoms with Crippen molar-refractivity contribution in [2.45, 2.75) is 13.8 Å². The predicted molar refractivity (Wildman–Crippen MR) is 96.1 cm³/mol. The number of carbonyl (C=O) groups is 1. The van der Waals surface area contributed by atoms with E-state index in [1.807, 2.05) is 61.5 Å². The van der Waals surface area contributed by atoms with Crippen LogP contribution < -0.4 is 10.3 Å².